The number of aryl methyl sites for hydroxylation is 1. The van der Waals surface area contributed by atoms with E-state index in [-0.39, 0.29) is 23.5 Å². The molecule has 1 heterocycles. The number of benzene rings is 2. The minimum atomic E-state index is -4.57. The van der Waals surface area contributed by atoms with Crippen LogP contribution in [0.25, 0.3) is 0 Å². The number of nitrogens with zero attached hydrogens (tertiary/aromatic N) is 2. The standard InChI is InChI=1S/C22H20F3N3O4/c1-13(29)9-17(18-11-26-27-14(18)2)15-7-8-21(20(10-15)28(30)31)32-12-16-5-3-4-6-19(16)22(23,24)25/h3-8,10-11,17H,9,12H2,1-2H3,(H,26,27). The largest absolute Gasteiger partial charge is 0.482 e. The van der Waals surface area contributed by atoms with E-state index in [2.05, 4.69) is 10.2 Å². The van der Waals surface area contributed by atoms with Gasteiger partial charge >= 0.3 is 11.9 Å². The third kappa shape index (κ3) is 5.13. The number of rotatable bonds is 8. The van der Waals surface area contributed by atoms with E-state index < -0.39 is 34.9 Å². The number of hydrogen-bond donors (Lipinski definition) is 1. The molecule has 1 unspecified atom stereocenters. The van der Waals surface area contributed by atoms with E-state index in [0.717, 1.165) is 11.6 Å². The molecule has 0 bridgehead atoms. The van der Waals surface area contributed by atoms with E-state index in [1.165, 1.54) is 37.3 Å². The summed E-state index contributed by atoms with van der Waals surface area (Å²) in [5, 5.41) is 18.4. The van der Waals surface area contributed by atoms with Crippen molar-refractivity contribution < 1.29 is 27.6 Å². The third-order valence-electron chi connectivity index (χ3n) is 5.03. The van der Waals surface area contributed by atoms with Crippen LogP contribution in [-0.4, -0.2) is 20.9 Å². The summed E-state index contributed by atoms with van der Waals surface area (Å²) in [5.74, 6) is -0.742. The van der Waals surface area contributed by atoms with E-state index in [1.54, 1.807) is 19.2 Å². The van der Waals surface area contributed by atoms with E-state index in [9.17, 15) is 28.1 Å². The highest BCUT2D eigenvalue weighted by Gasteiger charge is 2.33. The molecule has 0 amide bonds. The van der Waals surface area contributed by atoms with Crippen LogP contribution in [-0.2, 0) is 17.6 Å². The molecular weight excluding hydrogens is 427 g/mol. The average molecular weight is 447 g/mol. The highest BCUT2D eigenvalue weighted by Crippen LogP contribution is 2.37. The Balaban J connectivity index is 1.94. The number of nitro benzene ring substituents is 1. The van der Waals surface area contributed by atoms with Crippen LogP contribution in [0.15, 0.2) is 48.7 Å². The second kappa shape index (κ2) is 9.21. The lowest BCUT2D eigenvalue weighted by atomic mass is 9.87. The molecule has 3 rings (SSSR count). The van der Waals surface area contributed by atoms with Crippen molar-refractivity contribution in [2.45, 2.75) is 39.0 Å². The molecule has 0 aliphatic rings. The van der Waals surface area contributed by atoms with E-state index >= 15 is 0 Å². The van der Waals surface area contributed by atoms with Crippen molar-refractivity contribution >= 4 is 11.5 Å². The molecular formula is C22H20F3N3O4. The molecule has 7 nitrogen and oxygen atoms in total. The van der Waals surface area contributed by atoms with Gasteiger partial charge in [0.2, 0.25) is 0 Å². The van der Waals surface area contributed by atoms with Crippen molar-refractivity contribution in [1.29, 1.82) is 0 Å². The van der Waals surface area contributed by atoms with Crippen LogP contribution in [0.3, 0.4) is 0 Å². The van der Waals surface area contributed by atoms with Gasteiger partial charge in [-0.25, -0.2) is 0 Å². The van der Waals surface area contributed by atoms with E-state index in [4.69, 9.17) is 4.74 Å². The number of alkyl halides is 3. The zero-order chi connectivity index (χ0) is 23.5. The predicted octanol–water partition coefficient (Wildman–Crippen LogP) is 5.34. The molecule has 0 aliphatic carbocycles. The molecule has 32 heavy (non-hydrogen) atoms. The van der Waals surface area contributed by atoms with E-state index in [0.29, 0.717) is 11.3 Å². The van der Waals surface area contributed by atoms with Gasteiger partial charge in [0.05, 0.1) is 16.2 Å². The van der Waals surface area contributed by atoms with Gasteiger partial charge in [0, 0.05) is 35.7 Å². The van der Waals surface area contributed by atoms with Crippen molar-refractivity contribution in [3.8, 4) is 5.75 Å². The van der Waals surface area contributed by atoms with Crippen LogP contribution < -0.4 is 4.74 Å². The Bertz CT molecular complexity index is 1140. The fraction of sp³-hybridized carbons (Fsp3) is 0.273. The predicted molar refractivity (Wildman–Crippen MR) is 109 cm³/mol. The summed E-state index contributed by atoms with van der Waals surface area (Å²) >= 11 is 0. The molecule has 1 aromatic heterocycles. The summed E-state index contributed by atoms with van der Waals surface area (Å²) in [6, 6.07) is 9.07. The number of carbonyl (C=O) groups is 1. The van der Waals surface area contributed by atoms with Gasteiger partial charge in [-0.3, -0.25) is 20.0 Å². The molecule has 0 saturated carbocycles. The molecule has 10 heteroatoms. The number of H-pyrrole nitrogens is 1. The molecule has 0 spiro atoms. The zero-order valence-electron chi connectivity index (χ0n) is 17.3. The molecule has 168 valence electrons. The number of hydrogen-bond acceptors (Lipinski definition) is 5. The third-order valence-corrected chi connectivity index (χ3v) is 5.03. The number of nitrogens with one attached hydrogen (secondary N) is 1. The number of Topliss-reactive ketones (excluding diaryl/α,β-unsaturated/α-hetero) is 1. The molecule has 3 aromatic rings. The molecule has 0 radical (unpaired) electrons. The molecule has 0 saturated heterocycles. The van der Waals surface area contributed by atoms with Crippen LogP contribution in [0, 0.1) is 17.0 Å². The van der Waals surface area contributed by atoms with Crippen molar-refractivity contribution in [1.82, 2.24) is 10.2 Å². The van der Waals surface area contributed by atoms with Gasteiger partial charge in [0.1, 0.15) is 12.4 Å². The lowest BCUT2D eigenvalue weighted by Crippen LogP contribution is -2.11. The summed E-state index contributed by atoms with van der Waals surface area (Å²) in [7, 11) is 0. The van der Waals surface area contributed by atoms with Crippen LogP contribution in [0.1, 0.15) is 47.2 Å². The van der Waals surface area contributed by atoms with Crippen LogP contribution >= 0.6 is 0 Å². The Morgan fingerprint density at radius 2 is 1.97 bits per heavy atom. The maximum atomic E-state index is 13.2. The van der Waals surface area contributed by atoms with Gasteiger partial charge in [-0.15, -0.1) is 0 Å². The Labute approximate surface area is 181 Å². The number of nitro groups is 1. The second-order valence-electron chi connectivity index (χ2n) is 7.31. The van der Waals surface area contributed by atoms with Gasteiger partial charge < -0.3 is 4.74 Å². The fourth-order valence-corrected chi connectivity index (χ4v) is 3.51. The maximum absolute atomic E-state index is 13.2. The first-order valence-electron chi connectivity index (χ1n) is 9.64. The van der Waals surface area contributed by atoms with Gasteiger partial charge in [0.15, 0.2) is 5.75 Å². The summed E-state index contributed by atoms with van der Waals surface area (Å²) in [6.07, 6.45) is -2.83. The van der Waals surface area contributed by atoms with Gasteiger partial charge in [-0.05, 0) is 31.5 Å². The lowest BCUT2D eigenvalue weighted by molar-refractivity contribution is -0.386. The van der Waals surface area contributed by atoms with Crippen LogP contribution in [0.5, 0.6) is 5.75 Å². The molecule has 2 aromatic carbocycles. The fourth-order valence-electron chi connectivity index (χ4n) is 3.51. The normalized spacial score (nSPS) is 12.4. The maximum Gasteiger partial charge on any atom is 0.416 e. The first kappa shape index (κ1) is 23.0. The van der Waals surface area contributed by atoms with E-state index in [1.807, 2.05) is 0 Å². The number of aromatic nitrogens is 2. The second-order valence-corrected chi connectivity index (χ2v) is 7.31. The Kier molecular flexibility index (Phi) is 6.61. The zero-order valence-corrected chi connectivity index (χ0v) is 17.3. The molecule has 1 atom stereocenters. The Morgan fingerprint density at radius 1 is 1.25 bits per heavy atom. The van der Waals surface area contributed by atoms with Crippen molar-refractivity contribution in [2.75, 3.05) is 0 Å². The summed E-state index contributed by atoms with van der Waals surface area (Å²) in [4.78, 5) is 22.8. The SMILES string of the molecule is CC(=O)CC(c1ccc(OCc2ccccc2C(F)(F)F)c([N+](=O)[O-])c1)c1c[nH]nc1C. The van der Waals surface area contributed by atoms with Crippen LogP contribution in [0.4, 0.5) is 18.9 Å². The highest BCUT2D eigenvalue weighted by atomic mass is 19.4. The van der Waals surface area contributed by atoms with Gasteiger partial charge in [-0.2, -0.15) is 18.3 Å². The average Bonchev–Trinajstić information content (AvgIpc) is 3.15. The first-order valence-corrected chi connectivity index (χ1v) is 9.64. The summed E-state index contributed by atoms with van der Waals surface area (Å²) < 4.78 is 45.0. The number of halogens is 3. The van der Waals surface area contributed by atoms with Crippen molar-refractivity contribution in [3.63, 3.8) is 0 Å². The summed E-state index contributed by atoms with van der Waals surface area (Å²) in [5.41, 5.74) is 0.476. The molecule has 0 fully saturated rings. The minimum absolute atomic E-state index is 0.108. The number of ketones is 1. The highest BCUT2D eigenvalue weighted by molar-refractivity contribution is 5.77. The molecule has 1 N–H and O–H groups in total. The van der Waals surface area contributed by atoms with Crippen LogP contribution in [0.2, 0.25) is 0 Å². The first-order chi connectivity index (χ1) is 15.1. The van der Waals surface area contributed by atoms with Gasteiger partial charge in [0.25, 0.3) is 0 Å². The van der Waals surface area contributed by atoms with Gasteiger partial charge in [-0.1, -0.05) is 24.3 Å². The quantitative estimate of drug-likeness (QED) is 0.372. The monoisotopic (exact) mass is 447 g/mol. The smallest absolute Gasteiger partial charge is 0.416 e. The van der Waals surface area contributed by atoms with Crippen molar-refractivity contribution in [2.24, 2.45) is 0 Å². The lowest BCUT2D eigenvalue weighted by Gasteiger charge is -2.17. The number of ether oxygens (including phenoxy) is 1. The number of aromatic amines is 1. The molecule has 0 aliphatic heterocycles. The summed E-state index contributed by atoms with van der Waals surface area (Å²) in [6.45, 7) is 2.68. The van der Waals surface area contributed by atoms with Crippen molar-refractivity contribution in [3.05, 3.63) is 86.7 Å². The number of carbonyl (C=O) groups excluding carboxylic acids is 1. The minimum Gasteiger partial charge on any atom is -0.482 e. The Morgan fingerprint density at radius 3 is 2.56 bits per heavy atom. The Hall–Kier alpha value is -3.69. The topological polar surface area (TPSA) is 98.1 Å².